The van der Waals surface area contributed by atoms with E-state index in [1.165, 1.54) is 6.33 Å². The molecule has 0 unspecified atom stereocenters. The minimum Gasteiger partial charge on any atom is -0.394 e. The van der Waals surface area contributed by atoms with Crippen LogP contribution in [-0.2, 0) is 9.47 Å². The second kappa shape index (κ2) is 5.76. The van der Waals surface area contributed by atoms with Crippen LogP contribution in [0, 0.1) is 0 Å². The summed E-state index contributed by atoms with van der Waals surface area (Å²) in [5.41, 5.74) is 6.92. The van der Waals surface area contributed by atoms with Crippen LogP contribution >= 0.6 is 0 Å². The molecular formula is C13H17N5O3. The van der Waals surface area contributed by atoms with E-state index in [1.54, 1.807) is 17.0 Å². The van der Waals surface area contributed by atoms with E-state index in [9.17, 15) is 5.11 Å². The lowest BCUT2D eigenvalue weighted by Crippen LogP contribution is -2.27. The largest absolute Gasteiger partial charge is 0.394 e. The van der Waals surface area contributed by atoms with Gasteiger partial charge in [0.15, 0.2) is 11.5 Å². The smallest absolute Gasteiger partial charge is 0.167 e. The van der Waals surface area contributed by atoms with Crippen molar-refractivity contribution in [3.8, 4) is 0 Å². The molecule has 1 saturated heterocycles. The Morgan fingerprint density at radius 3 is 3.14 bits per heavy atom. The van der Waals surface area contributed by atoms with Crippen LogP contribution in [0.25, 0.3) is 11.2 Å². The fraction of sp³-hybridized carbons (Fsp3) is 0.462. The molecule has 0 amide bonds. The molecule has 8 heteroatoms. The van der Waals surface area contributed by atoms with E-state index in [0.717, 1.165) is 0 Å². The van der Waals surface area contributed by atoms with Gasteiger partial charge in [0.25, 0.3) is 0 Å². The number of nitrogen functional groups attached to an aromatic ring is 1. The topological polar surface area (TPSA) is 108 Å². The zero-order chi connectivity index (χ0) is 14.8. The number of rotatable bonds is 5. The highest BCUT2D eigenvalue weighted by Crippen LogP contribution is 2.32. The number of aliphatic hydroxyl groups excluding tert-OH is 1. The SMILES string of the molecule is C=CCO[C@H]1C[C@H](n2cnc3c(N)ncnc32)O[C@@H]1CO. The Labute approximate surface area is 121 Å². The molecule has 2 aromatic rings. The summed E-state index contributed by atoms with van der Waals surface area (Å²) in [5, 5.41) is 9.41. The standard InChI is InChI=1S/C13H17N5O3/c1-2-3-20-8-4-10(21-9(8)5-19)18-7-17-11-12(14)15-6-16-13(11)18/h2,6-10,19H,1,3-5H2,(H2,14,15,16)/t8-,9+,10+/m0/s1. The fourth-order valence-corrected chi connectivity index (χ4v) is 2.48. The first-order chi connectivity index (χ1) is 10.2. The van der Waals surface area contributed by atoms with E-state index < -0.39 is 0 Å². The molecule has 3 N–H and O–H groups in total. The van der Waals surface area contributed by atoms with Crippen molar-refractivity contribution >= 4 is 17.0 Å². The maximum absolute atomic E-state index is 9.41. The molecule has 3 atom stereocenters. The van der Waals surface area contributed by atoms with Crippen LogP contribution in [0.5, 0.6) is 0 Å². The van der Waals surface area contributed by atoms with Crippen LogP contribution in [0.4, 0.5) is 5.82 Å². The summed E-state index contributed by atoms with van der Waals surface area (Å²) in [5.74, 6) is 0.329. The molecule has 0 aliphatic carbocycles. The number of hydrogen-bond donors (Lipinski definition) is 2. The zero-order valence-corrected chi connectivity index (χ0v) is 11.4. The van der Waals surface area contributed by atoms with E-state index >= 15 is 0 Å². The van der Waals surface area contributed by atoms with Crippen molar-refractivity contribution in [2.75, 3.05) is 18.9 Å². The second-order valence-electron chi connectivity index (χ2n) is 4.79. The van der Waals surface area contributed by atoms with E-state index in [1.807, 2.05) is 0 Å². The maximum atomic E-state index is 9.41. The molecule has 0 bridgehead atoms. The first-order valence-corrected chi connectivity index (χ1v) is 6.66. The average Bonchev–Trinajstić information content (AvgIpc) is 3.09. The molecule has 3 rings (SSSR count). The van der Waals surface area contributed by atoms with E-state index in [0.29, 0.717) is 30.0 Å². The third kappa shape index (κ3) is 2.48. The van der Waals surface area contributed by atoms with Crippen molar-refractivity contribution in [1.82, 2.24) is 19.5 Å². The lowest BCUT2D eigenvalue weighted by molar-refractivity contribution is -0.0561. The third-order valence-corrected chi connectivity index (χ3v) is 3.49. The van der Waals surface area contributed by atoms with Gasteiger partial charge in [0.05, 0.1) is 25.6 Å². The molecule has 1 fully saturated rings. The number of ether oxygens (including phenoxy) is 2. The van der Waals surface area contributed by atoms with Gasteiger partial charge < -0.3 is 20.3 Å². The highest BCUT2D eigenvalue weighted by atomic mass is 16.6. The molecule has 112 valence electrons. The summed E-state index contributed by atoms with van der Waals surface area (Å²) >= 11 is 0. The van der Waals surface area contributed by atoms with Crippen molar-refractivity contribution in [3.05, 3.63) is 25.3 Å². The summed E-state index contributed by atoms with van der Waals surface area (Å²) in [4.78, 5) is 12.3. The summed E-state index contributed by atoms with van der Waals surface area (Å²) < 4.78 is 13.2. The quantitative estimate of drug-likeness (QED) is 0.760. The number of aromatic nitrogens is 4. The lowest BCUT2D eigenvalue weighted by atomic mass is 10.2. The number of fused-ring (bicyclic) bond motifs is 1. The maximum Gasteiger partial charge on any atom is 0.167 e. The number of nitrogens with two attached hydrogens (primary N) is 1. The molecule has 3 heterocycles. The van der Waals surface area contributed by atoms with Crippen LogP contribution in [0.3, 0.4) is 0 Å². The van der Waals surface area contributed by atoms with Crippen molar-refractivity contribution in [3.63, 3.8) is 0 Å². The molecule has 1 aliphatic rings. The van der Waals surface area contributed by atoms with Gasteiger partial charge in [-0.1, -0.05) is 6.08 Å². The summed E-state index contributed by atoms with van der Waals surface area (Å²) in [6, 6.07) is 0. The Kier molecular flexibility index (Phi) is 3.82. The Balaban J connectivity index is 1.86. The average molecular weight is 291 g/mol. The van der Waals surface area contributed by atoms with Gasteiger partial charge in [-0.2, -0.15) is 0 Å². The molecule has 8 nitrogen and oxygen atoms in total. The van der Waals surface area contributed by atoms with E-state index in [4.69, 9.17) is 15.2 Å². The predicted molar refractivity (Wildman–Crippen MR) is 75.3 cm³/mol. The summed E-state index contributed by atoms with van der Waals surface area (Å²) in [6.45, 7) is 3.92. The zero-order valence-electron chi connectivity index (χ0n) is 11.4. The van der Waals surface area contributed by atoms with Crippen molar-refractivity contribution in [2.45, 2.75) is 24.9 Å². The number of anilines is 1. The second-order valence-corrected chi connectivity index (χ2v) is 4.79. The van der Waals surface area contributed by atoms with Crippen molar-refractivity contribution in [1.29, 1.82) is 0 Å². The van der Waals surface area contributed by atoms with Crippen LogP contribution in [0.1, 0.15) is 12.6 Å². The minimum absolute atomic E-state index is 0.109. The monoisotopic (exact) mass is 291 g/mol. The fourth-order valence-electron chi connectivity index (χ4n) is 2.48. The number of imidazole rings is 1. The first-order valence-electron chi connectivity index (χ1n) is 6.66. The summed E-state index contributed by atoms with van der Waals surface area (Å²) in [7, 11) is 0. The molecule has 1 aliphatic heterocycles. The predicted octanol–water partition coefficient (Wildman–Crippen LogP) is 0.260. The van der Waals surface area contributed by atoms with Gasteiger partial charge in [0, 0.05) is 6.42 Å². The van der Waals surface area contributed by atoms with Gasteiger partial charge in [-0.05, 0) is 0 Å². The highest BCUT2D eigenvalue weighted by Gasteiger charge is 2.37. The minimum atomic E-state index is -0.383. The van der Waals surface area contributed by atoms with Gasteiger partial charge in [0.2, 0.25) is 0 Å². The Hall–Kier alpha value is -2.03. The van der Waals surface area contributed by atoms with E-state index in [-0.39, 0.29) is 25.0 Å². The van der Waals surface area contributed by atoms with Gasteiger partial charge >= 0.3 is 0 Å². The van der Waals surface area contributed by atoms with Gasteiger partial charge in [-0.25, -0.2) is 15.0 Å². The van der Waals surface area contributed by atoms with Crippen LogP contribution < -0.4 is 5.73 Å². The normalized spacial score (nSPS) is 25.5. The van der Waals surface area contributed by atoms with Crippen LogP contribution in [0.2, 0.25) is 0 Å². The third-order valence-electron chi connectivity index (χ3n) is 3.49. The molecular weight excluding hydrogens is 274 g/mol. The molecule has 0 aromatic carbocycles. The van der Waals surface area contributed by atoms with Gasteiger partial charge in [-0.3, -0.25) is 4.57 Å². The molecule has 0 spiro atoms. The summed E-state index contributed by atoms with van der Waals surface area (Å²) in [6.07, 6.45) is 4.37. The van der Waals surface area contributed by atoms with Crippen LogP contribution in [0.15, 0.2) is 25.3 Å². The van der Waals surface area contributed by atoms with Crippen molar-refractivity contribution in [2.24, 2.45) is 0 Å². The molecule has 0 radical (unpaired) electrons. The first kappa shape index (κ1) is 13.9. The Bertz CT molecular complexity index is 644. The number of hydrogen-bond acceptors (Lipinski definition) is 7. The van der Waals surface area contributed by atoms with Gasteiger partial charge in [-0.15, -0.1) is 6.58 Å². The van der Waals surface area contributed by atoms with Crippen molar-refractivity contribution < 1.29 is 14.6 Å². The van der Waals surface area contributed by atoms with Gasteiger partial charge in [0.1, 0.15) is 24.2 Å². The Morgan fingerprint density at radius 1 is 1.52 bits per heavy atom. The molecule has 0 saturated carbocycles. The lowest BCUT2D eigenvalue weighted by Gasteiger charge is -2.15. The van der Waals surface area contributed by atoms with Crippen LogP contribution in [-0.4, -0.2) is 50.0 Å². The molecule has 21 heavy (non-hydrogen) atoms. The number of aliphatic hydroxyl groups is 1. The Morgan fingerprint density at radius 2 is 2.38 bits per heavy atom. The number of nitrogens with zero attached hydrogens (tertiary/aromatic N) is 4. The van der Waals surface area contributed by atoms with E-state index in [2.05, 4.69) is 21.5 Å². The highest BCUT2D eigenvalue weighted by molar-refractivity contribution is 5.81. The molecule has 2 aromatic heterocycles.